The van der Waals surface area contributed by atoms with Crippen molar-refractivity contribution in [1.29, 1.82) is 0 Å². The summed E-state index contributed by atoms with van der Waals surface area (Å²) in [6.07, 6.45) is 2.59. The minimum absolute atomic E-state index is 0.0710. The number of amides is 1. The summed E-state index contributed by atoms with van der Waals surface area (Å²) in [7, 11) is 0. The zero-order valence-corrected chi connectivity index (χ0v) is 18.0. The summed E-state index contributed by atoms with van der Waals surface area (Å²) in [4.78, 5) is 20.7. The molecule has 0 spiro atoms. The first-order valence-corrected chi connectivity index (χ1v) is 9.86. The van der Waals surface area contributed by atoms with E-state index in [1.54, 1.807) is 37.5 Å². The van der Waals surface area contributed by atoms with E-state index in [2.05, 4.69) is 36.1 Å². The largest absolute Gasteiger partial charge is 0.481 e. The molecule has 1 aromatic heterocycles. The molecule has 2 aromatic carbocycles. The molecular weight excluding hydrogens is 378 g/mol. The minimum Gasteiger partial charge on any atom is -0.481 e. The van der Waals surface area contributed by atoms with Gasteiger partial charge >= 0.3 is 6.01 Å². The number of carbonyl (C=O) groups is 1. The van der Waals surface area contributed by atoms with Crippen LogP contribution in [0.2, 0.25) is 0 Å². The smallest absolute Gasteiger partial charge is 0.321 e. The highest BCUT2D eigenvalue weighted by atomic mass is 16.5. The zero-order valence-electron chi connectivity index (χ0n) is 18.0. The first-order chi connectivity index (χ1) is 14.2. The normalized spacial score (nSPS) is 12.2. The van der Waals surface area contributed by atoms with Gasteiger partial charge in [0.05, 0.1) is 0 Å². The number of hydrogen-bond donors (Lipinski definition) is 1. The predicted molar refractivity (Wildman–Crippen MR) is 117 cm³/mol. The Kier molecular flexibility index (Phi) is 6.35. The lowest BCUT2D eigenvalue weighted by atomic mass is 9.87. The van der Waals surface area contributed by atoms with Gasteiger partial charge in [-0.3, -0.25) is 4.79 Å². The number of nitrogens with zero attached hydrogens (tertiary/aromatic N) is 2. The molecule has 6 heteroatoms. The van der Waals surface area contributed by atoms with Crippen LogP contribution in [0.3, 0.4) is 0 Å². The molecule has 3 aromatic rings. The second kappa shape index (κ2) is 8.95. The first kappa shape index (κ1) is 21.3. The van der Waals surface area contributed by atoms with E-state index in [0.717, 1.165) is 5.56 Å². The van der Waals surface area contributed by atoms with Gasteiger partial charge in [0.15, 0.2) is 6.10 Å². The Morgan fingerprint density at radius 3 is 2.23 bits per heavy atom. The van der Waals surface area contributed by atoms with E-state index in [9.17, 15) is 4.79 Å². The molecule has 0 aliphatic carbocycles. The van der Waals surface area contributed by atoms with E-state index in [-0.39, 0.29) is 17.3 Å². The number of carbonyl (C=O) groups excluding carboxylic acids is 1. The van der Waals surface area contributed by atoms with Crippen LogP contribution in [0.15, 0.2) is 60.9 Å². The summed E-state index contributed by atoms with van der Waals surface area (Å²) in [6, 6.07) is 15.2. The van der Waals surface area contributed by atoms with Gasteiger partial charge in [0, 0.05) is 18.1 Å². The molecule has 0 unspecified atom stereocenters. The fraction of sp³-hybridized carbons (Fsp3) is 0.292. The summed E-state index contributed by atoms with van der Waals surface area (Å²) >= 11 is 0. The van der Waals surface area contributed by atoms with Crippen LogP contribution >= 0.6 is 0 Å². The van der Waals surface area contributed by atoms with Crippen LogP contribution in [0, 0.1) is 6.92 Å². The average Bonchev–Trinajstić information content (AvgIpc) is 2.70. The number of benzene rings is 2. The molecule has 1 N–H and O–H groups in total. The lowest BCUT2D eigenvalue weighted by Gasteiger charge is -2.20. The number of nitrogens with one attached hydrogen (secondary N) is 1. The van der Waals surface area contributed by atoms with Gasteiger partial charge in [-0.25, -0.2) is 9.97 Å². The van der Waals surface area contributed by atoms with Gasteiger partial charge in [-0.1, -0.05) is 32.9 Å². The highest BCUT2D eigenvalue weighted by molar-refractivity contribution is 5.94. The lowest BCUT2D eigenvalue weighted by molar-refractivity contribution is -0.122. The lowest BCUT2D eigenvalue weighted by Crippen LogP contribution is -2.30. The third kappa shape index (κ3) is 5.56. The van der Waals surface area contributed by atoms with Crippen molar-refractivity contribution in [2.75, 3.05) is 5.32 Å². The maximum Gasteiger partial charge on any atom is 0.321 e. The number of anilines is 1. The highest BCUT2D eigenvalue weighted by Gasteiger charge is 2.17. The highest BCUT2D eigenvalue weighted by Crippen LogP contribution is 2.26. The molecule has 6 nitrogen and oxygen atoms in total. The monoisotopic (exact) mass is 405 g/mol. The van der Waals surface area contributed by atoms with Gasteiger partial charge in [0.1, 0.15) is 11.5 Å². The topological polar surface area (TPSA) is 73.3 Å². The van der Waals surface area contributed by atoms with Crippen molar-refractivity contribution in [2.45, 2.75) is 46.1 Å². The van der Waals surface area contributed by atoms with Crippen LogP contribution in [0.4, 0.5) is 5.69 Å². The van der Waals surface area contributed by atoms with Crippen LogP contribution in [0.25, 0.3) is 0 Å². The van der Waals surface area contributed by atoms with Crippen molar-refractivity contribution in [3.63, 3.8) is 0 Å². The number of rotatable bonds is 6. The molecule has 0 aliphatic heterocycles. The third-order valence-corrected chi connectivity index (χ3v) is 4.61. The summed E-state index contributed by atoms with van der Waals surface area (Å²) in [6.45, 7) is 10.1. The molecule has 0 radical (unpaired) electrons. The molecule has 0 saturated carbocycles. The third-order valence-electron chi connectivity index (χ3n) is 4.61. The molecule has 1 amide bonds. The van der Waals surface area contributed by atoms with Crippen LogP contribution in [-0.4, -0.2) is 22.0 Å². The number of ether oxygens (including phenoxy) is 2. The van der Waals surface area contributed by atoms with Crippen LogP contribution in [0.5, 0.6) is 17.5 Å². The minimum atomic E-state index is -0.640. The first-order valence-electron chi connectivity index (χ1n) is 9.86. The maximum absolute atomic E-state index is 12.6. The van der Waals surface area contributed by atoms with Gasteiger partial charge in [-0.05, 0) is 66.8 Å². The Morgan fingerprint density at radius 1 is 1.00 bits per heavy atom. The fourth-order valence-electron chi connectivity index (χ4n) is 2.81. The molecule has 1 heterocycles. The summed E-state index contributed by atoms with van der Waals surface area (Å²) < 4.78 is 11.4. The summed E-state index contributed by atoms with van der Waals surface area (Å²) in [5, 5.41) is 2.91. The Hall–Kier alpha value is -3.41. The van der Waals surface area contributed by atoms with E-state index in [0.29, 0.717) is 17.2 Å². The van der Waals surface area contributed by atoms with Crippen molar-refractivity contribution >= 4 is 11.6 Å². The van der Waals surface area contributed by atoms with Gasteiger partial charge in [-0.15, -0.1) is 0 Å². The van der Waals surface area contributed by atoms with Crippen molar-refractivity contribution in [2.24, 2.45) is 0 Å². The van der Waals surface area contributed by atoms with Crippen molar-refractivity contribution in [3.8, 4) is 17.5 Å². The van der Waals surface area contributed by atoms with Crippen molar-refractivity contribution < 1.29 is 14.3 Å². The van der Waals surface area contributed by atoms with Crippen molar-refractivity contribution in [3.05, 3.63) is 72.1 Å². The number of aromatic nitrogens is 2. The van der Waals surface area contributed by atoms with E-state index in [1.165, 1.54) is 5.56 Å². The SMILES string of the molecule is Cc1cc(Oc2ncccn2)ccc1NC(=O)[C@H](C)Oc1ccc(C(C)(C)C)cc1. The van der Waals surface area contributed by atoms with E-state index in [4.69, 9.17) is 9.47 Å². The van der Waals surface area contributed by atoms with Gasteiger partial charge in [-0.2, -0.15) is 0 Å². The van der Waals surface area contributed by atoms with Crippen LogP contribution < -0.4 is 14.8 Å². The average molecular weight is 405 g/mol. The predicted octanol–water partition coefficient (Wildman–Crippen LogP) is 5.28. The fourth-order valence-corrected chi connectivity index (χ4v) is 2.81. The van der Waals surface area contributed by atoms with Gasteiger partial charge < -0.3 is 14.8 Å². The molecule has 1 atom stereocenters. The van der Waals surface area contributed by atoms with Crippen molar-refractivity contribution in [1.82, 2.24) is 9.97 Å². The number of hydrogen-bond acceptors (Lipinski definition) is 5. The van der Waals surface area contributed by atoms with Gasteiger partial charge in [0.2, 0.25) is 0 Å². The molecule has 0 saturated heterocycles. The summed E-state index contributed by atoms with van der Waals surface area (Å²) in [5.74, 6) is 1.03. The second-order valence-electron chi connectivity index (χ2n) is 8.13. The Bertz CT molecular complexity index is 996. The molecule has 0 aliphatic rings. The van der Waals surface area contributed by atoms with Crippen LogP contribution in [-0.2, 0) is 10.2 Å². The quantitative estimate of drug-likeness (QED) is 0.604. The molecule has 0 bridgehead atoms. The molecule has 30 heavy (non-hydrogen) atoms. The van der Waals surface area contributed by atoms with E-state index < -0.39 is 6.10 Å². The van der Waals surface area contributed by atoms with Gasteiger partial charge in [0.25, 0.3) is 5.91 Å². The Labute approximate surface area is 177 Å². The maximum atomic E-state index is 12.6. The standard InChI is InChI=1S/C24H27N3O3/c1-16-15-20(30-23-25-13-6-14-26-23)11-12-21(16)27-22(28)17(2)29-19-9-7-18(8-10-19)24(3,4)5/h6-15,17H,1-5H3,(H,27,28)/t17-/m0/s1. The molecular formula is C24H27N3O3. The Morgan fingerprint density at radius 2 is 1.63 bits per heavy atom. The van der Waals surface area contributed by atoms with E-state index >= 15 is 0 Å². The van der Waals surface area contributed by atoms with Crippen LogP contribution in [0.1, 0.15) is 38.8 Å². The second-order valence-corrected chi connectivity index (χ2v) is 8.13. The Balaban J connectivity index is 1.60. The van der Waals surface area contributed by atoms with E-state index in [1.807, 2.05) is 37.3 Å². The zero-order chi connectivity index (χ0) is 21.7. The molecule has 0 fully saturated rings. The molecule has 156 valence electrons. The summed E-state index contributed by atoms with van der Waals surface area (Å²) in [5.41, 5.74) is 2.84. The number of aryl methyl sites for hydroxylation is 1. The molecule has 3 rings (SSSR count).